The number of nitrogens with two attached hydrogens (primary N) is 1. The number of ether oxygens (including phenoxy) is 2. The van der Waals surface area contributed by atoms with Crippen molar-refractivity contribution in [2.75, 3.05) is 25.2 Å². The molecule has 0 saturated heterocycles. The highest BCUT2D eigenvalue weighted by molar-refractivity contribution is 5.25. The Bertz CT molecular complexity index is 419. The van der Waals surface area contributed by atoms with Crippen molar-refractivity contribution in [1.29, 1.82) is 0 Å². The number of hydrogen-bond donors (Lipinski definition) is 2. The SMILES string of the molecule is CCOc1nc(NN)nc(OCCN(C(C)C)C(C)C)n1. The summed E-state index contributed by atoms with van der Waals surface area (Å²) in [5.74, 6) is 5.53. The van der Waals surface area contributed by atoms with E-state index >= 15 is 0 Å². The lowest BCUT2D eigenvalue weighted by molar-refractivity contribution is 0.137. The minimum Gasteiger partial charge on any atom is -0.464 e. The maximum Gasteiger partial charge on any atom is 0.324 e. The lowest BCUT2D eigenvalue weighted by Crippen LogP contribution is -2.39. The third kappa shape index (κ3) is 5.68. The fourth-order valence-corrected chi connectivity index (χ4v) is 2.02. The zero-order valence-corrected chi connectivity index (χ0v) is 13.5. The van der Waals surface area contributed by atoms with E-state index in [0.717, 1.165) is 6.54 Å². The van der Waals surface area contributed by atoms with E-state index in [4.69, 9.17) is 15.3 Å². The largest absolute Gasteiger partial charge is 0.464 e. The first-order valence-corrected chi connectivity index (χ1v) is 7.22. The molecule has 8 nitrogen and oxygen atoms in total. The summed E-state index contributed by atoms with van der Waals surface area (Å²) in [6, 6.07) is 1.30. The Morgan fingerprint density at radius 1 is 1.05 bits per heavy atom. The zero-order valence-electron chi connectivity index (χ0n) is 13.5. The Balaban J connectivity index is 2.63. The van der Waals surface area contributed by atoms with Crippen LogP contribution < -0.4 is 20.7 Å². The van der Waals surface area contributed by atoms with Gasteiger partial charge in [-0.05, 0) is 34.6 Å². The summed E-state index contributed by atoms with van der Waals surface area (Å²) in [5, 5.41) is 0. The number of aromatic nitrogens is 3. The van der Waals surface area contributed by atoms with Crippen molar-refractivity contribution < 1.29 is 9.47 Å². The number of hydrogen-bond acceptors (Lipinski definition) is 8. The van der Waals surface area contributed by atoms with Gasteiger partial charge < -0.3 is 9.47 Å². The Morgan fingerprint density at radius 2 is 1.62 bits per heavy atom. The van der Waals surface area contributed by atoms with Crippen LogP contribution in [0.5, 0.6) is 12.0 Å². The second-order valence-corrected chi connectivity index (χ2v) is 5.08. The van der Waals surface area contributed by atoms with Crippen molar-refractivity contribution in [2.45, 2.75) is 46.7 Å². The van der Waals surface area contributed by atoms with Gasteiger partial charge >= 0.3 is 12.0 Å². The molecule has 0 aliphatic heterocycles. The highest BCUT2D eigenvalue weighted by Crippen LogP contribution is 2.12. The summed E-state index contributed by atoms with van der Waals surface area (Å²) in [7, 11) is 0. The van der Waals surface area contributed by atoms with Gasteiger partial charge in [-0.25, -0.2) is 5.84 Å². The van der Waals surface area contributed by atoms with E-state index in [2.05, 4.69) is 53.0 Å². The Labute approximate surface area is 126 Å². The molecule has 8 heteroatoms. The van der Waals surface area contributed by atoms with E-state index in [1.165, 1.54) is 0 Å². The van der Waals surface area contributed by atoms with Crippen molar-refractivity contribution in [3.8, 4) is 12.0 Å². The molecule has 0 unspecified atom stereocenters. The Hall–Kier alpha value is -1.67. The molecular weight excluding hydrogens is 272 g/mol. The second-order valence-electron chi connectivity index (χ2n) is 5.08. The van der Waals surface area contributed by atoms with Gasteiger partial charge in [-0.3, -0.25) is 10.3 Å². The van der Waals surface area contributed by atoms with Gasteiger partial charge in [0, 0.05) is 18.6 Å². The number of anilines is 1. The van der Waals surface area contributed by atoms with Gasteiger partial charge in [0.25, 0.3) is 0 Å². The summed E-state index contributed by atoms with van der Waals surface area (Å²) in [6.07, 6.45) is 0. The highest BCUT2D eigenvalue weighted by Gasteiger charge is 2.14. The summed E-state index contributed by atoms with van der Waals surface area (Å²) >= 11 is 0. The Morgan fingerprint density at radius 3 is 2.10 bits per heavy atom. The van der Waals surface area contributed by atoms with Gasteiger partial charge in [0.1, 0.15) is 6.61 Å². The average Bonchev–Trinajstić information content (AvgIpc) is 2.42. The van der Waals surface area contributed by atoms with Crippen molar-refractivity contribution >= 4 is 5.95 Å². The van der Waals surface area contributed by atoms with Crippen LogP contribution in [0.25, 0.3) is 0 Å². The standard InChI is InChI=1S/C13H26N6O2/c1-6-20-12-15-11(18-14)16-13(17-12)21-8-7-19(9(2)3)10(4)5/h9-10H,6-8,14H2,1-5H3,(H,15,16,17,18). The fourth-order valence-electron chi connectivity index (χ4n) is 2.02. The minimum absolute atomic E-state index is 0.194. The van der Waals surface area contributed by atoms with Crippen LogP contribution >= 0.6 is 0 Å². The molecule has 0 aliphatic carbocycles. The molecule has 0 aromatic carbocycles. The van der Waals surface area contributed by atoms with E-state index in [1.54, 1.807) is 0 Å². The predicted octanol–water partition coefficient (Wildman–Crippen LogP) is 1.05. The molecule has 0 saturated carbocycles. The summed E-state index contributed by atoms with van der Waals surface area (Å²) in [6.45, 7) is 12.2. The average molecular weight is 298 g/mol. The van der Waals surface area contributed by atoms with Crippen LogP contribution in [0.4, 0.5) is 5.95 Å². The molecule has 0 spiro atoms. The number of hydrazine groups is 1. The molecule has 1 heterocycles. The molecule has 1 aromatic heterocycles. The van der Waals surface area contributed by atoms with Crippen molar-refractivity contribution in [3.05, 3.63) is 0 Å². The number of rotatable bonds is 9. The predicted molar refractivity (Wildman–Crippen MR) is 81.3 cm³/mol. The maximum atomic E-state index is 5.59. The molecule has 0 radical (unpaired) electrons. The molecule has 3 N–H and O–H groups in total. The van der Waals surface area contributed by atoms with E-state index in [9.17, 15) is 0 Å². The van der Waals surface area contributed by atoms with Gasteiger partial charge in [0.15, 0.2) is 0 Å². The molecule has 0 atom stereocenters. The van der Waals surface area contributed by atoms with E-state index in [0.29, 0.717) is 25.3 Å². The molecule has 21 heavy (non-hydrogen) atoms. The topological polar surface area (TPSA) is 98.4 Å². The van der Waals surface area contributed by atoms with E-state index < -0.39 is 0 Å². The first kappa shape index (κ1) is 17.4. The van der Waals surface area contributed by atoms with E-state index in [-0.39, 0.29) is 18.0 Å². The lowest BCUT2D eigenvalue weighted by Gasteiger charge is -2.30. The lowest BCUT2D eigenvalue weighted by atomic mass is 10.2. The highest BCUT2D eigenvalue weighted by atomic mass is 16.5. The minimum atomic E-state index is 0.194. The van der Waals surface area contributed by atoms with Crippen LogP contribution in [0.15, 0.2) is 0 Å². The second kappa shape index (κ2) is 8.58. The summed E-state index contributed by atoms with van der Waals surface area (Å²) in [5.41, 5.74) is 2.37. The first-order valence-electron chi connectivity index (χ1n) is 7.22. The number of nitrogens with zero attached hydrogens (tertiary/aromatic N) is 4. The van der Waals surface area contributed by atoms with Gasteiger partial charge in [-0.15, -0.1) is 4.98 Å². The summed E-state index contributed by atoms with van der Waals surface area (Å²) < 4.78 is 10.8. The van der Waals surface area contributed by atoms with Crippen LogP contribution in [-0.4, -0.2) is 51.7 Å². The third-order valence-electron chi connectivity index (χ3n) is 2.90. The van der Waals surface area contributed by atoms with Crippen LogP contribution in [0.1, 0.15) is 34.6 Å². The van der Waals surface area contributed by atoms with Crippen LogP contribution in [0.3, 0.4) is 0 Å². The molecular formula is C13H26N6O2. The first-order chi connectivity index (χ1) is 9.97. The molecule has 1 rings (SSSR count). The van der Waals surface area contributed by atoms with Crippen LogP contribution in [0, 0.1) is 0 Å². The van der Waals surface area contributed by atoms with Crippen LogP contribution in [0.2, 0.25) is 0 Å². The van der Waals surface area contributed by atoms with Gasteiger partial charge in [0.05, 0.1) is 6.61 Å². The molecule has 0 bridgehead atoms. The molecule has 0 aliphatic rings. The molecule has 120 valence electrons. The maximum absolute atomic E-state index is 5.59. The summed E-state index contributed by atoms with van der Waals surface area (Å²) in [4.78, 5) is 14.4. The fraction of sp³-hybridized carbons (Fsp3) is 0.769. The van der Waals surface area contributed by atoms with Crippen molar-refractivity contribution in [2.24, 2.45) is 5.84 Å². The van der Waals surface area contributed by atoms with Gasteiger partial charge in [0.2, 0.25) is 5.95 Å². The number of nitrogens with one attached hydrogen (secondary N) is 1. The van der Waals surface area contributed by atoms with Crippen molar-refractivity contribution in [1.82, 2.24) is 19.9 Å². The quantitative estimate of drug-likeness (QED) is 0.515. The molecule has 1 aromatic rings. The van der Waals surface area contributed by atoms with Crippen LogP contribution in [-0.2, 0) is 0 Å². The third-order valence-corrected chi connectivity index (χ3v) is 2.90. The monoisotopic (exact) mass is 298 g/mol. The Kier molecular flexibility index (Phi) is 7.10. The normalized spacial score (nSPS) is 11.3. The molecule has 0 fully saturated rings. The zero-order chi connectivity index (χ0) is 15.8. The van der Waals surface area contributed by atoms with Crippen molar-refractivity contribution in [3.63, 3.8) is 0 Å². The van der Waals surface area contributed by atoms with Gasteiger partial charge in [-0.2, -0.15) is 9.97 Å². The van der Waals surface area contributed by atoms with Gasteiger partial charge in [-0.1, -0.05) is 0 Å². The number of nitrogen functional groups attached to an aromatic ring is 1. The van der Waals surface area contributed by atoms with E-state index in [1.807, 2.05) is 6.92 Å². The smallest absolute Gasteiger partial charge is 0.324 e. The molecule has 0 amide bonds.